The van der Waals surface area contributed by atoms with Crippen LogP contribution in [0.5, 0.6) is 5.75 Å². The predicted molar refractivity (Wildman–Crippen MR) is 107 cm³/mol. The monoisotopic (exact) mass is 465 g/mol. The predicted octanol–water partition coefficient (Wildman–Crippen LogP) is 3.99. The van der Waals surface area contributed by atoms with Gasteiger partial charge in [-0.1, -0.05) is 25.1 Å². The maximum absolute atomic E-state index is 12.9. The van der Waals surface area contributed by atoms with E-state index in [-0.39, 0.29) is 30.6 Å². The van der Waals surface area contributed by atoms with Crippen LogP contribution >= 0.6 is 0 Å². The van der Waals surface area contributed by atoms with Crippen LogP contribution in [0.4, 0.5) is 17.6 Å². The first-order valence-corrected chi connectivity index (χ1v) is 10.7. The molecule has 0 bridgehead atoms. The number of carbonyl (C=O) groups is 1. The molecule has 2 rings (SSSR count). The number of aryl methyl sites for hydroxylation is 1. The first-order valence-electron chi connectivity index (χ1n) is 9.20. The summed E-state index contributed by atoms with van der Waals surface area (Å²) in [6.07, 6.45) is -3.15. The normalized spacial score (nSPS) is 12.2. The number of carboxylic acid groups (broad SMARTS) is 1. The van der Waals surface area contributed by atoms with Crippen LogP contribution in [-0.2, 0) is 22.9 Å². The SMILES string of the molecule is CCc1ccc(S(=O)(=O)NCCc2ccc(OCC(F)(F)C(F)F)cc2)cc1C(=O)O.[HH]. The van der Waals surface area contributed by atoms with Gasteiger partial charge in [0.25, 0.3) is 0 Å². The van der Waals surface area contributed by atoms with E-state index >= 15 is 0 Å². The van der Waals surface area contributed by atoms with Crippen molar-refractivity contribution in [3.8, 4) is 5.75 Å². The molecule has 0 unspecified atom stereocenters. The van der Waals surface area contributed by atoms with Crippen molar-refractivity contribution in [2.75, 3.05) is 13.2 Å². The summed E-state index contributed by atoms with van der Waals surface area (Å²) in [5, 5.41) is 9.24. The van der Waals surface area contributed by atoms with E-state index < -0.39 is 34.9 Å². The lowest BCUT2D eigenvalue weighted by Crippen LogP contribution is -2.33. The molecule has 0 amide bonds. The van der Waals surface area contributed by atoms with Gasteiger partial charge in [-0.05, 0) is 48.2 Å². The zero-order valence-corrected chi connectivity index (χ0v) is 17.3. The highest BCUT2D eigenvalue weighted by Gasteiger charge is 2.41. The first-order chi connectivity index (χ1) is 14.5. The Labute approximate surface area is 178 Å². The summed E-state index contributed by atoms with van der Waals surface area (Å²) < 4.78 is 81.9. The molecule has 172 valence electrons. The molecule has 0 atom stereocenters. The van der Waals surface area contributed by atoms with Gasteiger partial charge in [0.1, 0.15) is 5.75 Å². The molecule has 31 heavy (non-hydrogen) atoms. The molecule has 6 nitrogen and oxygen atoms in total. The number of alkyl halides is 4. The van der Waals surface area contributed by atoms with E-state index in [9.17, 15) is 35.9 Å². The van der Waals surface area contributed by atoms with Crippen LogP contribution in [-0.4, -0.2) is 45.0 Å². The third kappa shape index (κ3) is 6.66. The Morgan fingerprint density at radius 3 is 2.39 bits per heavy atom. The Morgan fingerprint density at radius 2 is 1.84 bits per heavy atom. The first kappa shape index (κ1) is 24.6. The average molecular weight is 465 g/mol. The minimum absolute atomic E-state index is 0. The second kappa shape index (κ2) is 10.1. The number of benzene rings is 2. The summed E-state index contributed by atoms with van der Waals surface area (Å²) in [4.78, 5) is 11.1. The highest BCUT2D eigenvalue weighted by molar-refractivity contribution is 7.89. The number of halogens is 4. The molecule has 2 aromatic carbocycles. The van der Waals surface area contributed by atoms with Crippen molar-refractivity contribution in [3.63, 3.8) is 0 Å². The van der Waals surface area contributed by atoms with Gasteiger partial charge >= 0.3 is 18.3 Å². The Balaban J connectivity index is 0.00000512. The van der Waals surface area contributed by atoms with E-state index in [4.69, 9.17) is 0 Å². The van der Waals surface area contributed by atoms with Gasteiger partial charge in [0.2, 0.25) is 10.0 Å². The molecule has 0 radical (unpaired) electrons. The summed E-state index contributed by atoms with van der Waals surface area (Å²) in [6, 6.07) is 9.49. The maximum Gasteiger partial charge on any atom is 0.340 e. The quantitative estimate of drug-likeness (QED) is 0.490. The van der Waals surface area contributed by atoms with Crippen molar-refractivity contribution in [3.05, 3.63) is 59.2 Å². The smallest absolute Gasteiger partial charge is 0.340 e. The molecule has 0 saturated carbocycles. The summed E-state index contributed by atoms with van der Waals surface area (Å²) in [7, 11) is -3.95. The number of carboxylic acids is 1. The second-order valence-corrected chi connectivity index (χ2v) is 8.39. The molecule has 0 spiro atoms. The molecular formula is C20H23F4NO5S. The number of hydrogen-bond donors (Lipinski definition) is 2. The van der Waals surface area contributed by atoms with Gasteiger partial charge in [0.05, 0.1) is 10.5 Å². The van der Waals surface area contributed by atoms with Crippen LogP contribution in [0.25, 0.3) is 0 Å². The van der Waals surface area contributed by atoms with Crippen LogP contribution < -0.4 is 9.46 Å². The van der Waals surface area contributed by atoms with Crippen LogP contribution in [0.2, 0.25) is 0 Å². The fraction of sp³-hybridized carbons (Fsp3) is 0.350. The minimum atomic E-state index is -4.26. The third-order valence-corrected chi connectivity index (χ3v) is 5.84. The highest BCUT2D eigenvalue weighted by Crippen LogP contribution is 2.24. The molecule has 11 heteroatoms. The lowest BCUT2D eigenvalue weighted by atomic mass is 10.1. The zero-order valence-electron chi connectivity index (χ0n) is 16.4. The average Bonchev–Trinajstić information content (AvgIpc) is 2.72. The molecule has 0 saturated heterocycles. The van der Waals surface area contributed by atoms with Gasteiger partial charge in [-0.2, -0.15) is 8.78 Å². The lowest BCUT2D eigenvalue weighted by molar-refractivity contribution is -0.148. The standard InChI is InChI=1S/C20H21F4NO5S.H2/c1-2-14-5-8-16(11-17(14)18(26)27)31(28,29)25-10-9-13-3-6-15(7-4-13)30-12-20(23,24)19(21)22;/h3-8,11,19,25H,2,9-10,12H2,1H3,(H,26,27);1H. The van der Waals surface area contributed by atoms with Gasteiger partial charge in [-0.25, -0.2) is 26.7 Å². The van der Waals surface area contributed by atoms with Gasteiger partial charge < -0.3 is 9.84 Å². The largest absolute Gasteiger partial charge is 0.487 e. The van der Waals surface area contributed by atoms with Gasteiger partial charge in [0, 0.05) is 7.97 Å². The van der Waals surface area contributed by atoms with Gasteiger partial charge in [-0.15, -0.1) is 0 Å². The highest BCUT2D eigenvalue weighted by atomic mass is 32.2. The zero-order chi connectivity index (χ0) is 23.2. The van der Waals surface area contributed by atoms with E-state index in [1.165, 1.54) is 36.4 Å². The Morgan fingerprint density at radius 1 is 1.19 bits per heavy atom. The molecule has 0 aliphatic heterocycles. The third-order valence-electron chi connectivity index (χ3n) is 4.38. The fourth-order valence-electron chi connectivity index (χ4n) is 2.64. The summed E-state index contributed by atoms with van der Waals surface area (Å²) in [5.41, 5.74) is 1.07. The Bertz CT molecular complexity index is 1020. The molecule has 0 aliphatic rings. The summed E-state index contributed by atoms with van der Waals surface area (Å²) >= 11 is 0. The lowest BCUT2D eigenvalue weighted by Gasteiger charge is -2.16. The molecular weight excluding hydrogens is 442 g/mol. The van der Waals surface area contributed by atoms with Crippen molar-refractivity contribution >= 4 is 16.0 Å². The van der Waals surface area contributed by atoms with Crippen molar-refractivity contribution in [2.45, 2.75) is 37.0 Å². The van der Waals surface area contributed by atoms with Crippen LogP contribution in [0.3, 0.4) is 0 Å². The number of nitrogens with one attached hydrogen (secondary N) is 1. The van der Waals surface area contributed by atoms with E-state index in [0.717, 1.165) is 6.07 Å². The van der Waals surface area contributed by atoms with Crippen molar-refractivity contribution in [1.82, 2.24) is 4.72 Å². The molecule has 2 N–H and O–H groups in total. The minimum Gasteiger partial charge on any atom is -0.487 e. The fourth-order valence-corrected chi connectivity index (χ4v) is 3.70. The Hall–Kier alpha value is -2.66. The molecule has 2 aromatic rings. The molecule has 0 heterocycles. The maximum atomic E-state index is 12.9. The van der Waals surface area contributed by atoms with Crippen LogP contribution in [0.1, 0.15) is 29.8 Å². The van der Waals surface area contributed by atoms with Crippen molar-refractivity contribution in [1.29, 1.82) is 0 Å². The topological polar surface area (TPSA) is 92.7 Å². The summed E-state index contributed by atoms with van der Waals surface area (Å²) in [5.74, 6) is -5.50. The molecule has 0 fully saturated rings. The van der Waals surface area contributed by atoms with E-state index in [1.54, 1.807) is 6.92 Å². The van der Waals surface area contributed by atoms with E-state index in [1.807, 2.05) is 0 Å². The number of aromatic carboxylic acids is 1. The van der Waals surface area contributed by atoms with Crippen LogP contribution in [0.15, 0.2) is 47.4 Å². The van der Waals surface area contributed by atoms with E-state index in [2.05, 4.69) is 9.46 Å². The number of sulfonamides is 1. The molecule has 0 aromatic heterocycles. The van der Waals surface area contributed by atoms with Gasteiger partial charge in [-0.3, -0.25) is 0 Å². The molecule has 0 aliphatic carbocycles. The number of hydrogen-bond acceptors (Lipinski definition) is 4. The number of ether oxygens (including phenoxy) is 1. The van der Waals surface area contributed by atoms with Crippen molar-refractivity contribution < 1.29 is 42.0 Å². The van der Waals surface area contributed by atoms with E-state index in [0.29, 0.717) is 17.5 Å². The Kier molecular flexibility index (Phi) is 8.02. The number of rotatable bonds is 11. The van der Waals surface area contributed by atoms with Crippen molar-refractivity contribution in [2.24, 2.45) is 0 Å². The van der Waals surface area contributed by atoms with Gasteiger partial charge in [0.15, 0.2) is 6.61 Å². The summed E-state index contributed by atoms with van der Waals surface area (Å²) in [6.45, 7) is 0.289. The second-order valence-electron chi connectivity index (χ2n) is 6.62. The van der Waals surface area contributed by atoms with Crippen LogP contribution in [0, 0.1) is 0 Å².